The van der Waals surface area contributed by atoms with Crippen LogP contribution in [0.5, 0.6) is 0 Å². The molecule has 2 heterocycles. The molecule has 0 saturated carbocycles. The summed E-state index contributed by atoms with van der Waals surface area (Å²) in [6.45, 7) is 3.43. The van der Waals surface area contributed by atoms with Crippen LogP contribution in [0, 0.1) is 6.92 Å². The van der Waals surface area contributed by atoms with E-state index >= 15 is 0 Å². The molecule has 1 aliphatic heterocycles. The lowest BCUT2D eigenvalue weighted by Gasteiger charge is -2.22. The topological polar surface area (TPSA) is 42.1 Å². The summed E-state index contributed by atoms with van der Waals surface area (Å²) >= 11 is 12.5. The van der Waals surface area contributed by atoms with Crippen LogP contribution in [0.1, 0.15) is 16.8 Å². The second-order valence-electron chi connectivity index (χ2n) is 5.04. The van der Waals surface area contributed by atoms with E-state index in [1.165, 1.54) is 5.56 Å². The third-order valence-corrected chi connectivity index (χ3v) is 4.26. The van der Waals surface area contributed by atoms with Gasteiger partial charge in [0.05, 0.1) is 16.4 Å². The van der Waals surface area contributed by atoms with E-state index in [9.17, 15) is 0 Å². The average molecular weight is 308 g/mol. The van der Waals surface area contributed by atoms with Crippen molar-refractivity contribution in [2.24, 2.45) is 0 Å². The van der Waals surface area contributed by atoms with Crippen molar-refractivity contribution in [2.75, 3.05) is 17.2 Å². The molecular weight excluding hydrogens is 293 g/mol. The first-order valence-electron chi connectivity index (χ1n) is 6.50. The number of fused-ring (bicyclic) bond motifs is 1. The van der Waals surface area contributed by atoms with Crippen LogP contribution in [0.2, 0.25) is 10.2 Å². The number of hydrogen-bond donors (Lipinski definition) is 1. The molecule has 1 aromatic heterocycles. The third-order valence-electron chi connectivity index (χ3n) is 3.61. The Hall–Kier alpha value is -1.45. The summed E-state index contributed by atoms with van der Waals surface area (Å²) in [5.41, 5.74) is 10.9. The number of aromatic nitrogens is 1. The number of nitrogen functional groups attached to an aromatic ring is 1. The molecule has 3 rings (SSSR count). The summed E-state index contributed by atoms with van der Waals surface area (Å²) in [5, 5.41) is 1.13. The number of para-hydroxylation sites is 1. The molecule has 0 spiro atoms. The monoisotopic (exact) mass is 307 g/mol. The number of pyridine rings is 1. The highest BCUT2D eigenvalue weighted by Gasteiger charge is 2.23. The molecule has 104 valence electrons. The van der Waals surface area contributed by atoms with Crippen molar-refractivity contribution in [1.29, 1.82) is 0 Å². The molecule has 1 aliphatic rings. The molecule has 1 aromatic carbocycles. The third kappa shape index (κ3) is 2.32. The van der Waals surface area contributed by atoms with E-state index < -0.39 is 0 Å². The molecule has 3 nitrogen and oxygen atoms in total. The van der Waals surface area contributed by atoms with E-state index in [1.807, 2.05) is 25.1 Å². The zero-order valence-electron chi connectivity index (χ0n) is 11.2. The number of nitrogens with two attached hydrogens (primary N) is 1. The standard InChI is InChI=1S/C15H15Cl2N3/c1-9-7-12(16)11(15(17)19-9)8-20-6-5-10-3-2-4-13(18)14(10)20/h2-4,7H,5-6,8,18H2,1H3. The quantitative estimate of drug-likeness (QED) is 0.677. The molecule has 2 N–H and O–H groups in total. The Morgan fingerprint density at radius 2 is 2.15 bits per heavy atom. The van der Waals surface area contributed by atoms with Crippen LogP contribution in [0.15, 0.2) is 24.3 Å². The maximum absolute atomic E-state index is 6.30. The summed E-state index contributed by atoms with van der Waals surface area (Å²) in [5.74, 6) is 0. The zero-order chi connectivity index (χ0) is 14.3. The highest BCUT2D eigenvalue weighted by atomic mass is 35.5. The van der Waals surface area contributed by atoms with Crippen LogP contribution in [-0.4, -0.2) is 11.5 Å². The predicted octanol–water partition coefficient (Wildman–Crippen LogP) is 3.84. The Balaban J connectivity index is 1.96. The van der Waals surface area contributed by atoms with Crippen LogP contribution in [-0.2, 0) is 13.0 Å². The van der Waals surface area contributed by atoms with Crippen LogP contribution >= 0.6 is 23.2 Å². The average Bonchev–Trinajstić information content (AvgIpc) is 2.78. The van der Waals surface area contributed by atoms with Crippen LogP contribution in [0.4, 0.5) is 11.4 Å². The summed E-state index contributed by atoms with van der Waals surface area (Å²) in [6, 6.07) is 7.87. The van der Waals surface area contributed by atoms with Gasteiger partial charge < -0.3 is 10.6 Å². The lowest BCUT2D eigenvalue weighted by molar-refractivity contribution is 0.832. The van der Waals surface area contributed by atoms with Gasteiger partial charge in [-0.3, -0.25) is 0 Å². The summed E-state index contributed by atoms with van der Waals surface area (Å²) < 4.78 is 0. The summed E-state index contributed by atoms with van der Waals surface area (Å²) in [4.78, 5) is 6.49. The molecule has 5 heteroatoms. The second kappa shape index (κ2) is 5.15. The second-order valence-corrected chi connectivity index (χ2v) is 5.81. The van der Waals surface area contributed by atoms with Crippen molar-refractivity contribution in [2.45, 2.75) is 19.9 Å². The SMILES string of the molecule is Cc1cc(Cl)c(CN2CCc3cccc(N)c32)c(Cl)n1. The molecule has 0 radical (unpaired) electrons. The van der Waals surface area contributed by atoms with E-state index in [0.717, 1.165) is 35.6 Å². The number of hydrogen-bond acceptors (Lipinski definition) is 3. The van der Waals surface area contributed by atoms with Crippen LogP contribution < -0.4 is 10.6 Å². The molecule has 0 aliphatic carbocycles. The Kier molecular flexibility index (Phi) is 3.48. The van der Waals surface area contributed by atoms with E-state index in [4.69, 9.17) is 28.9 Å². The van der Waals surface area contributed by atoms with Gasteiger partial charge in [0.2, 0.25) is 0 Å². The molecular formula is C15H15Cl2N3. The molecule has 0 atom stereocenters. The lowest BCUT2D eigenvalue weighted by Crippen LogP contribution is -2.21. The zero-order valence-corrected chi connectivity index (χ0v) is 12.7. The molecule has 0 saturated heterocycles. The molecule has 2 aromatic rings. The smallest absolute Gasteiger partial charge is 0.135 e. The fourth-order valence-electron chi connectivity index (χ4n) is 2.68. The minimum atomic E-state index is 0.470. The van der Waals surface area contributed by atoms with E-state index in [1.54, 1.807) is 0 Å². The number of nitrogens with zero attached hydrogens (tertiary/aromatic N) is 2. The van der Waals surface area contributed by atoms with Crippen molar-refractivity contribution in [3.05, 3.63) is 51.3 Å². The van der Waals surface area contributed by atoms with Gasteiger partial charge in [-0.15, -0.1) is 0 Å². The Labute approximate surface area is 128 Å². The van der Waals surface area contributed by atoms with Gasteiger partial charge in [0.15, 0.2) is 0 Å². The first kappa shape index (κ1) is 13.5. The van der Waals surface area contributed by atoms with E-state index in [-0.39, 0.29) is 0 Å². The van der Waals surface area contributed by atoms with Gasteiger partial charge in [0, 0.05) is 24.3 Å². The molecule has 0 fully saturated rings. The van der Waals surface area contributed by atoms with E-state index in [0.29, 0.717) is 16.7 Å². The number of benzene rings is 1. The highest BCUT2D eigenvalue weighted by Crippen LogP contribution is 2.36. The first-order valence-corrected chi connectivity index (χ1v) is 7.25. The fourth-order valence-corrected chi connectivity index (χ4v) is 3.33. The van der Waals surface area contributed by atoms with Crippen molar-refractivity contribution < 1.29 is 0 Å². The Bertz CT molecular complexity index is 647. The number of aryl methyl sites for hydroxylation is 1. The molecule has 0 unspecified atom stereocenters. The van der Waals surface area contributed by atoms with Gasteiger partial charge in [-0.05, 0) is 31.0 Å². The fraction of sp³-hybridized carbons (Fsp3) is 0.267. The minimum absolute atomic E-state index is 0.470. The maximum atomic E-state index is 6.30. The first-order chi connectivity index (χ1) is 9.56. The summed E-state index contributed by atoms with van der Waals surface area (Å²) in [7, 11) is 0. The van der Waals surface area contributed by atoms with Gasteiger partial charge in [-0.25, -0.2) is 4.98 Å². The molecule has 20 heavy (non-hydrogen) atoms. The highest BCUT2D eigenvalue weighted by molar-refractivity contribution is 6.35. The Morgan fingerprint density at radius 1 is 1.35 bits per heavy atom. The lowest BCUT2D eigenvalue weighted by atomic mass is 10.1. The largest absolute Gasteiger partial charge is 0.397 e. The van der Waals surface area contributed by atoms with Crippen molar-refractivity contribution in [1.82, 2.24) is 4.98 Å². The number of anilines is 2. The minimum Gasteiger partial charge on any atom is -0.397 e. The molecule has 0 bridgehead atoms. The van der Waals surface area contributed by atoms with Gasteiger partial charge >= 0.3 is 0 Å². The normalized spacial score (nSPS) is 13.7. The van der Waals surface area contributed by atoms with Gasteiger partial charge in [-0.2, -0.15) is 0 Å². The van der Waals surface area contributed by atoms with Crippen molar-refractivity contribution >= 4 is 34.6 Å². The van der Waals surface area contributed by atoms with Gasteiger partial charge in [0.25, 0.3) is 0 Å². The molecule has 0 amide bonds. The van der Waals surface area contributed by atoms with E-state index in [2.05, 4.69) is 16.0 Å². The Morgan fingerprint density at radius 3 is 2.90 bits per heavy atom. The van der Waals surface area contributed by atoms with Gasteiger partial charge in [0.1, 0.15) is 5.15 Å². The number of rotatable bonds is 2. The van der Waals surface area contributed by atoms with Crippen molar-refractivity contribution in [3.63, 3.8) is 0 Å². The van der Waals surface area contributed by atoms with Crippen LogP contribution in [0.3, 0.4) is 0 Å². The maximum Gasteiger partial charge on any atom is 0.135 e. The summed E-state index contributed by atoms with van der Waals surface area (Å²) in [6.07, 6.45) is 0.995. The van der Waals surface area contributed by atoms with Gasteiger partial charge in [-0.1, -0.05) is 35.3 Å². The van der Waals surface area contributed by atoms with Crippen LogP contribution in [0.25, 0.3) is 0 Å². The number of halogens is 2. The predicted molar refractivity (Wildman–Crippen MR) is 84.6 cm³/mol. The van der Waals surface area contributed by atoms with Crippen molar-refractivity contribution in [3.8, 4) is 0 Å².